The van der Waals surface area contributed by atoms with Crippen molar-refractivity contribution in [3.05, 3.63) is 62.4 Å². The first-order valence-corrected chi connectivity index (χ1v) is 6.80. The average Bonchev–Trinajstić information content (AvgIpc) is 2.46. The van der Waals surface area contributed by atoms with E-state index in [2.05, 4.69) is 21.2 Å². The lowest BCUT2D eigenvalue weighted by atomic mass is 10.2. The van der Waals surface area contributed by atoms with Gasteiger partial charge >= 0.3 is 0 Å². The minimum atomic E-state index is -0.634. The van der Waals surface area contributed by atoms with Crippen molar-refractivity contribution in [2.24, 2.45) is 0 Å². The maximum Gasteiger partial charge on any atom is 0.272 e. The van der Waals surface area contributed by atoms with Crippen molar-refractivity contribution in [3.8, 4) is 5.75 Å². The van der Waals surface area contributed by atoms with Gasteiger partial charge in [-0.2, -0.15) is 0 Å². The summed E-state index contributed by atoms with van der Waals surface area (Å²) in [4.78, 5) is 10.1. The van der Waals surface area contributed by atoms with E-state index in [9.17, 15) is 14.5 Å². The molecule has 0 aromatic heterocycles. The molecule has 0 saturated carbocycles. The van der Waals surface area contributed by atoms with Gasteiger partial charge in [-0.3, -0.25) is 10.1 Å². The number of hydrogen-bond donors (Lipinski definition) is 1. The Balaban J connectivity index is 2.18. The number of nitrogens with one attached hydrogen (secondary N) is 1. The number of benzene rings is 2. The van der Waals surface area contributed by atoms with E-state index in [-0.39, 0.29) is 12.2 Å². The number of nitro groups is 1. The maximum atomic E-state index is 13.4. The van der Waals surface area contributed by atoms with Crippen molar-refractivity contribution in [1.29, 1.82) is 0 Å². The highest BCUT2D eigenvalue weighted by Crippen LogP contribution is 2.28. The summed E-state index contributed by atoms with van der Waals surface area (Å²) in [6.45, 7) is 0.254. The van der Waals surface area contributed by atoms with Crippen LogP contribution in [0, 0.1) is 15.9 Å². The fourth-order valence-electron chi connectivity index (χ4n) is 1.80. The molecule has 0 fully saturated rings. The Morgan fingerprint density at radius 2 is 2.10 bits per heavy atom. The smallest absolute Gasteiger partial charge is 0.272 e. The zero-order valence-electron chi connectivity index (χ0n) is 11.1. The highest BCUT2D eigenvalue weighted by molar-refractivity contribution is 9.10. The number of ether oxygens (including phenoxy) is 1. The third-order valence-corrected chi connectivity index (χ3v) is 3.50. The number of methoxy groups -OCH3 is 1. The van der Waals surface area contributed by atoms with E-state index in [1.54, 1.807) is 19.2 Å². The molecular formula is C14H12BrFN2O3. The second-order valence-electron chi connectivity index (χ2n) is 4.27. The van der Waals surface area contributed by atoms with Crippen LogP contribution in [0.2, 0.25) is 0 Å². The Hall–Kier alpha value is -2.15. The van der Waals surface area contributed by atoms with Crippen LogP contribution in [-0.2, 0) is 6.54 Å². The largest absolute Gasteiger partial charge is 0.497 e. The van der Waals surface area contributed by atoms with Crippen LogP contribution in [-0.4, -0.2) is 12.0 Å². The molecule has 2 aromatic rings. The van der Waals surface area contributed by atoms with Gasteiger partial charge in [-0.05, 0) is 39.7 Å². The fourth-order valence-corrected chi connectivity index (χ4v) is 2.19. The number of nitrogens with zero attached hydrogens (tertiary/aromatic N) is 1. The minimum absolute atomic E-state index is 0.254. The third kappa shape index (κ3) is 3.91. The molecule has 2 aromatic carbocycles. The van der Waals surface area contributed by atoms with Crippen LogP contribution in [0.15, 0.2) is 40.9 Å². The molecule has 0 saturated heterocycles. The topological polar surface area (TPSA) is 64.4 Å². The number of non-ortho nitro benzene ring substituents is 1. The molecule has 110 valence electrons. The molecule has 0 spiro atoms. The normalized spacial score (nSPS) is 10.2. The van der Waals surface area contributed by atoms with Crippen molar-refractivity contribution >= 4 is 27.3 Å². The lowest BCUT2D eigenvalue weighted by Gasteiger charge is -2.10. The highest BCUT2D eigenvalue weighted by atomic mass is 79.9. The van der Waals surface area contributed by atoms with E-state index in [1.807, 2.05) is 6.07 Å². The number of hydrogen-bond acceptors (Lipinski definition) is 4. The summed E-state index contributed by atoms with van der Waals surface area (Å²) in [5, 5.41) is 13.8. The molecule has 5 nitrogen and oxygen atoms in total. The zero-order chi connectivity index (χ0) is 15.4. The molecule has 0 aliphatic heterocycles. The van der Waals surface area contributed by atoms with Gasteiger partial charge in [-0.25, -0.2) is 4.39 Å². The molecule has 0 aliphatic carbocycles. The molecule has 0 aliphatic rings. The van der Waals surface area contributed by atoms with Crippen molar-refractivity contribution in [2.75, 3.05) is 12.4 Å². The molecule has 1 N–H and O–H groups in total. The summed E-state index contributed by atoms with van der Waals surface area (Å²) in [5.41, 5.74) is 0.967. The monoisotopic (exact) mass is 354 g/mol. The average molecular weight is 355 g/mol. The van der Waals surface area contributed by atoms with Gasteiger partial charge in [-0.1, -0.05) is 0 Å². The van der Waals surface area contributed by atoms with E-state index in [4.69, 9.17) is 4.74 Å². The van der Waals surface area contributed by atoms with Gasteiger partial charge in [0.25, 0.3) is 5.69 Å². The van der Waals surface area contributed by atoms with Crippen molar-refractivity contribution in [3.63, 3.8) is 0 Å². The van der Waals surface area contributed by atoms with Crippen molar-refractivity contribution in [1.82, 2.24) is 0 Å². The Morgan fingerprint density at radius 3 is 2.76 bits per heavy atom. The predicted octanol–water partition coefficient (Wildman–Crippen LogP) is 4.12. The van der Waals surface area contributed by atoms with Gasteiger partial charge in [0.05, 0.1) is 23.8 Å². The van der Waals surface area contributed by atoms with Gasteiger partial charge in [0.15, 0.2) is 0 Å². The number of halogens is 2. The lowest BCUT2D eigenvalue weighted by molar-refractivity contribution is -0.385. The fraction of sp³-hybridized carbons (Fsp3) is 0.143. The van der Waals surface area contributed by atoms with Crippen molar-refractivity contribution < 1.29 is 14.1 Å². The Morgan fingerprint density at radius 1 is 1.33 bits per heavy atom. The molecule has 0 bridgehead atoms. The standard InChI is InChI=1S/C14H12BrFN2O3/c1-21-12-2-3-13(15)14(7-12)17-8-9-4-10(16)6-11(5-9)18(19)20/h2-7,17H,8H2,1H3. The van der Waals surface area contributed by atoms with Crippen LogP contribution >= 0.6 is 15.9 Å². The molecule has 21 heavy (non-hydrogen) atoms. The summed E-state index contributed by atoms with van der Waals surface area (Å²) in [6, 6.07) is 8.87. The van der Waals surface area contributed by atoms with Crippen LogP contribution in [0.4, 0.5) is 15.8 Å². The Labute approximate surface area is 129 Å². The first-order chi connectivity index (χ1) is 9.99. The number of nitro benzene ring substituents is 1. The summed E-state index contributed by atoms with van der Waals surface area (Å²) >= 11 is 3.38. The SMILES string of the molecule is COc1ccc(Br)c(NCc2cc(F)cc([N+](=O)[O-])c2)c1. The molecule has 0 heterocycles. The van der Waals surface area contributed by atoms with Gasteiger partial charge in [0.1, 0.15) is 11.6 Å². The maximum absolute atomic E-state index is 13.4. The van der Waals surface area contributed by atoms with E-state index < -0.39 is 10.7 Å². The highest BCUT2D eigenvalue weighted by Gasteiger charge is 2.10. The van der Waals surface area contributed by atoms with E-state index in [0.717, 1.165) is 16.2 Å². The van der Waals surface area contributed by atoms with Crippen LogP contribution in [0.5, 0.6) is 5.75 Å². The predicted molar refractivity (Wildman–Crippen MR) is 81.1 cm³/mol. The van der Waals surface area contributed by atoms with E-state index in [0.29, 0.717) is 11.3 Å². The van der Waals surface area contributed by atoms with Crippen molar-refractivity contribution in [2.45, 2.75) is 6.54 Å². The minimum Gasteiger partial charge on any atom is -0.497 e. The van der Waals surface area contributed by atoms with Crippen LogP contribution < -0.4 is 10.1 Å². The second kappa shape index (κ2) is 6.53. The van der Waals surface area contributed by atoms with Crippen LogP contribution in [0.25, 0.3) is 0 Å². The molecule has 7 heteroatoms. The van der Waals surface area contributed by atoms with Gasteiger partial charge in [-0.15, -0.1) is 0 Å². The first-order valence-electron chi connectivity index (χ1n) is 6.01. The Bertz CT molecular complexity index is 679. The molecule has 0 amide bonds. The summed E-state index contributed by atoms with van der Waals surface area (Å²) < 4.78 is 19.3. The van der Waals surface area contributed by atoms with Gasteiger partial charge in [0.2, 0.25) is 0 Å². The van der Waals surface area contributed by atoms with Gasteiger partial charge < -0.3 is 10.1 Å². The zero-order valence-corrected chi connectivity index (χ0v) is 12.7. The van der Waals surface area contributed by atoms with E-state index >= 15 is 0 Å². The summed E-state index contributed by atoms with van der Waals surface area (Å²) in [5.74, 6) is 0.0385. The van der Waals surface area contributed by atoms with Crippen LogP contribution in [0.3, 0.4) is 0 Å². The number of anilines is 1. The molecule has 0 radical (unpaired) electrons. The molecule has 0 unspecified atom stereocenters. The van der Waals surface area contributed by atoms with Gasteiger partial charge in [0, 0.05) is 23.2 Å². The lowest BCUT2D eigenvalue weighted by Crippen LogP contribution is -2.02. The molecular weight excluding hydrogens is 343 g/mol. The molecule has 0 atom stereocenters. The second-order valence-corrected chi connectivity index (χ2v) is 5.13. The van der Waals surface area contributed by atoms with Crippen LogP contribution in [0.1, 0.15) is 5.56 Å². The third-order valence-electron chi connectivity index (χ3n) is 2.81. The summed E-state index contributed by atoms with van der Waals surface area (Å²) in [7, 11) is 1.56. The van der Waals surface area contributed by atoms with E-state index in [1.165, 1.54) is 12.1 Å². The Kier molecular flexibility index (Phi) is 4.74. The summed E-state index contributed by atoms with van der Waals surface area (Å²) in [6.07, 6.45) is 0. The molecule has 2 rings (SSSR count). The first kappa shape index (κ1) is 15.2. The quantitative estimate of drug-likeness (QED) is 0.647. The number of rotatable bonds is 5.